The van der Waals surface area contributed by atoms with Crippen molar-refractivity contribution in [3.05, 3.63) is 39.8 Å². The smallest absolute Gasteiger partial charge is 0.251 e. The minimum absolute atomic E-state index is 0.0681. The average molecular weight is 199 g/mol. The highest BCUT2D eigenvalue weighted by Gasteiger charge is 2.00. The lowest BCUT2D eigenvalue weighted by Crippen LogP contribution is -2.21. The van der Waals surface area contributed by atoms with Crippen molar-refractivity contribution in [3.8, 4) is 0 Å². The third-order valence-corrected chi connectivity index (χ3v) is 2.05. The third-order valence-electron chi connectivity index (χ3n) is 1.87. The summed E-state index contributed by atoms with van der Waals surface area (Å²) < 4.78 is 1.56. The van der Waals surface area contributed by atoms with Gasteiger partial charge in [0.05, 0.1) is 5.69 Å². The summed E-state index contributed by atoms with van der Waals surface area (Å²) >= 11 is 5.37. The molecule has 70 valence electrons. The molecule has 0 bridgehead atoms. The van der Waals surface area contributed by atoms with Crippen LogP contribution in [-0.2, 0) is 6.54 Å². The van der Waals surface area contributed by atoms with E-state index in [1.165, 1.54) is 11.6 Å². The van der Waals surface area contributed by atoms with E-state index >= 15 is 0 Å². The van der Waals surface area contributed by atoms with Gasteiger partial charge in [0.15, 0.2) is 0 Å². The number of allylic oxidation sites excluding steroid dienone is 1. The summed E-state index contributed by atoms with van der Waals surface area (Å²) in [4.78, 5) is 11.3. The maximum absolute atomic E-state index is 11.3. The third kappa shape index (κ3) is 2.12. The molecule has 0 aromatic carbocycles. The molecule has 0 amide bonds. The van der Waals surface area contributed by atoms with E-state index in [9.17, 15) is 4.79 Å². The zero-order chi connectivity index (χ0) is 9.84. The second-order valence-electron chi connectivity index (χ2n) is 2.68. The fourth-order valence-corrected chi connectivity index (χ4v) is 1.14. The molecule has 0 saturated carbocycles. The van der Waals surface area contributed by atoms with Crippen molar-refractivity contribution in [2.45, 2.75) is 13.5 Å². The van der Waals surface area contributed by atoms with Crippen LogP contribution in [0.15, 0.2) is 28.5 Å². The maximum atomic E-state index is 11.3. The fraction of sp³-hybridized carbons (Fsp3) is 0.222. The lowest BCUT2D eigenvalue weighted by atomic mass is 10.3. The van der Waals surface area contributed by atoms with Crippen molar-refractivity contribution >= 4 is 17.3 Å². The molecular formula is C9H11ClN2O. The molecule has 0 radical (unpaired) electrons. The normalized spacial score (nSPS) is 10.9. The molecule has 0 aliphatic rings. The van der Waals surface area contributed by atoms with Crippen molar-refractivity contribution < 1.29 is 0 Å². The number of halogens is 1. The molecule has 1 heterocycles. The maximum Gasteiger partial charge on any atom is 0.251 e. The van der Waals surface area contributed by atoms with Crippen molar-refractivity contribution in [1.82, 2.24) is 4.57 Å². The Hall–Kier alpha value is -1.22. The van der Waals surface area contributed by atoms with Gasteiger partial charge in [-0.1, -0.05) is 17.7 Å². The summed E-state index contributed by atoms with van der Waals surface area (Å²) in [5.74, 6) is 0. The Balaban J connectivity index is 3.18. The number of anilines is 1. The van der Waals surface area contributed by atoms with Gasteiger partial charge in [-0.15, -0.1) is 0 Å². The van der Waals surface area contributed by atoms with E-state index in [-0.39, 0.29) is 5.56 Å². The van der Waals surface area contributed by atoms with Crippen LogP contribution in [0.1, 0.15) is 5.69 Å². The van der Waals surface area contributed by atoms with E-state index in [0.29, 0.717) is 12.2 Å². The van der Waals surface area contributed by atoms with Crippen LogP contribution < -0.4 is 11.3 Å². The first-order chi connectivity index (χ1) is 6.16. The minimum Gasteiger partial charge on any atom is -0.397 e. The quantitative estimate of drug-likeness (QED) is 0.783. The summed E-state index contributed by atoms with van der Waals surface area (Å²) in [6, 6.07) is 3.06. The van der Waals surface area contributed by atoms with E-state index in [1.807, 2.05) is 0 Å². The van der Waals surface area contributed by atoms with Gasteiger partial charge in [-0.3, -0.25) is 4.79 Å². The van der Waals surface area contributed by atoms with Gasteiger partial charge in [0.2, 0.25) is 0 Å². The SMILES string of the molecule is Cc1c(N)ccc(=O)n1C/C=C/Cl. The van der Waals surface area contributed by atoms with Crippen molar-refractivity contribution in [1.29, 1.82) is 0 Å². The summed E-state index contributed by atoms with van der Waals surface area (Å²) in [6.07, 6.45) is 1.69. The van der Waals surface area contributed by atoms with Gasteiger partial charge in [0.1, 0.15) is 0 Å². The molecule has 4 heteroatoms. The van der Waals surface area contributed by atoms with Crippen molar-refractivity contribution in [2.24, 2.45) is 0 Å². The largest absolute Gasteiger partial charge is 0.397 e. The number of pyridine rings is 1. The molecule has 1 aromatic rings. The van der Waals surface area contributed by atoms with Crippen LogP contribution in [0.4, 0.5) is 5.69 Å². The van der Waals surface area contributed by atoms with E-state index < -0.39 is 0 Å². The van der Waals surface area contributed by atoms with Crippen LogP contribution in [0.25, 0.3) is 0 Å². The topological polar surface area (TPSA) is 48.0 Å². The number of hydrogen-bond acceptors (Lipinski definition) is 2. The van der Waals surface area contributed by atoms with Crippen LogP contribution in [0, 0.1) is 6.92 Å². The van der Waals surface area contributed by atoms with Gasteiger partial charge in [0.25, 0.3) is 5.56 Å². The predicted octanol–water partition coefficient (Wildman–Crippen LogP) is 1.49. The summed E-state index contributed by atoms with van der Waals surface area (Å²) in [6.45, 7) is 2.26. The zero-order valence-electron chi connectivity index (χ0n) is 7.33. The molecule has 2 N–H and O–H groups in total. The first-order valence-corrected chi connectivity index (χ1v) is 4.31. The molecule has 0 aliphatic heterocycles. The molecule has 0 aliphatic carbocycles. The lowest BCUT2D eigenvalue weighted by Gasteiger charge is -2.08. The summed E-state index contributed by atoms with van der Waals surface area (Å²) in [7, 11) is 0. The molecule has 0 fully saturated rings. The lowest BCUT2D eigenvalue weighted by molar-refractivity contribution is 0.750. The molecule has 13 heavy (non-hydrogen) atoms. The molecule has 1 aromatic heterocycles. The van der Waals surface area contributed by atoms with E-state index in [2.05, 4.69) is 0 Å². The van der Waals surface area contributed by atoms with Gasteiger partial charge in [0, 0.05) is 23.8 Å². The van der Waals surface area contributed by atoms with Gasteiger partial charge in [-0.25, -0.2) is 0 Å². The van der Waals surface area contributed by atoms with Crippen LogP contribution in [0.2, 0.25) is 0 Å². The number of nitrogens with two attached hydrogens (primary N) is 1. The number of rotatable bonds is 2. The van der Waals surface area contributed by atoms with Gasteiger partial charge in [-0.2, -0.15) is 0 Å². The minimum atomic E-state index is -0.0681. The van der Waals surface area contributed by atoms with Crippen LogP contribution >= 0.6 is 11.6 Å². The van der Waals surface area contributed by atoms with Crippen LogP contribution in [-0.4, -0.2) is 4.57 Å². The zero-order valence-corrected chi connectivity index (χ0v) is 8.08. The number of nitrogens with zero attached hydrogens (tertiary/aromatic N) is 1. The number of hydrogen-bond donors (Lipinski definition) is 1. The van der Waals surface area contributed by atoms with Crippen molar-refractivity contribution in [2.75, 3.05) is 5.73 Å². The van der Waals surface area contributed by atoms with E-state index in [0.717, 1.165) is 5.69 Å². The monoisotopic (exact) mass is 198 g/mol. The highest BCUT2D eigenvalue weighted by molar-refractivity contribution is 6.25. The molecule has 0 saturated heterocycles. The molecule has 3 nitrogen and oxygen atoms in total. The molecule has 0 unspecified atom stereocenters. The standard InChI is InChI=1S/C9H11ClN2O/c1-7-8(11)3-4-9(13)12(7)6-2-5-10/h2-5H,6,11H2,1H3/b5-2+. The van der Waals surface area contributed by atoms with Gasteiger partial charge >= 0.3 is 0 Å². The van der Waals surface area contributed by atoms with Crippen LogP contribution in [0.5, 0.6) is 0 Å². The molecule has 0 atom stereocenters. The Morgan fingerprint density at radius 1 is 1.62 bits per heavy atom. The summed E-state index contributed by atoms with van der Waals surface area (Å²) in [5, 5.41) is 0. The molecule has 1 rings (SSSR count). The highest BCUT2D eigenvalue weighted by atomic mass is 35.5. The second kappa shape index (κ2) is 4.14. The number of aromatic nitrogens is 1. The Kier molecular flexibility index (Phi) is 3.14. The van der Waals surface area contributed by atoms with E-state index in [4.69, 9.17) is 17.3 Å². The Bertz CT molecular complexity index is 382. The second-order valence-corrected chi connectivity index (χ2v) is 2.94. The van der Waals surface area contributed by atoms with Crippen molar-refractivity contribution in [3.63, 3.8) is 0 Å². The summed E-state index contributed by atoms with van der Waals surface area (Å²) in [5.41, 5.74) is 8.34. The van der Waals surface area contributed by atoms with Gasteiger partial charge < -0.3 is 10.3 Å². The Labute approximate surface area is 81.4 Å². The highest BCUT2D eigenvalue weighted by Crippen LogP contribution is 2.06. The fourth-order valence-electron chi connectivity index (χ4n) is 1.06. The van der Waals surface area contributed by atoms with Crippen LogP contribution in [0.3, 0.4) is 0 Å². The first-order valence-electron chi connectivity index (χ1n) is 3.88. The molecular weight excluding hydrogens is 188 g/mol. The van der Waals surface area contributed by atoms with Gasteiger partial charge in [-0.05, 0) is 13.0 Å². The van der Waals surface area contributed by atoms with E-state index in [1.54, 1.807) is 23.6 Å². The Morgan fingerprint density at radius 3 is 2.92 bits per heavy atom. The Morgan fingerprint density at radius 2 is 2.31 bits per heavy atom. The predicted molar refractivity (Wildman–Crippen MR) is 54.8 cm³/mol. The first kappa shape index (κ1) is 9.86. The number of nitrogen functional groups attached to an aromatic ring is 1. The average Bonchev–Trinajstić information content (AvgIpc) is 2.12. The molecule has 0 spiro atoms.